The van der Waals surface area contributed by atoms with Crippen molar-refractivity contribution < 1.29 is 4.79 Å². The number of nitrogens with one attached hydrogen (secondary N) is 1. The maximum Gasteiger partial charge on any atom is 0.270 e. The fourth-order valence-electron chi connectivity index (χ4n) is 3.45. The standard InChI is InChI=1S/C20H23N5O/c1-14-4-6-17-16(12-14)13-18(21-17)20(26)25-9-3-8-24(10-11-25)19-7-5-15(2)22-23-19/h4-7,12-13,21H,3,8-11H2,1-2H3. The van der Waals surface area contributed by atoms with Gasteiger partial charge >= 0.3 is 0 Å². The summed E-state index contributed by atoms with van der Waals surface area (Å²) in [6.07, 6.45) is 0.917. The lowest BCUT2D eigenvalue weighted by atomic mass is 10.2. The predicted octanol–water partition coefficient (Wildman–Crippen LogP) is 2.93. The van der Waals surface area contributed by atoms with Gasteiger partial charge < -0.3 is 14.8 Å². The number of fused-ring (bicyclic) bond motifs is 1. The molecule has 0 unspecified atom stereocenters. The highest BCUT2D eigenvalue weighted by atomic mass is 16.2. The zero-order chi connectivity index (χ0) is 18.1. The number of nitrogens with zero attached hydrogens (tertiary/aromatic N) is 4. The number of rotatable bonds is 2. The van der Waals surface area contributed by atoms with E-state index in [-0.39, 0.29) is 5.91 Å². The van der Waals surface area contributed by atoms with Crippen LogP contribution in [-0.4, -0.2) is 52.2 Å². The molecule has 2 aromatic heterocycles. The molecule has 134 valence electrons. The molecule has 0 atom stereocenters. The van der Waals surface area contributed by atoms with Crippen LogP contribution in [0.1, 0.15) is 28.2 Å². The molecule has 1 fully saturated rings. The van der Waals surface area contributed by atoms with E-state index in [9.17, 15) is 4.79 Å². The molecule has 6 heteroatoms. The first-order chi connectivity index (χ1) is 12.6. The number of aromatic nitrogens is 3. The van der Waals surface area contributed by atoms with Crippen LogP contribution in [0, 0.1) is 13.8 Å². The summed E-state index contributed by atoms with van der Waals surface area (Å²) < 4.78 is 0. The summed E-state index contributed by atoms with van der Waals surface area (Å²) in [6, 6.07) is 12.1. The largest absolute Gasteiger partial charge is 0.353 e. The molecule has 0 saturated carbocycles. The van der Waals surface area contributed by atoms with E-state index < -0.39 is 0 Å². The first-order valence-electron chi connectivity index (χ1n) is 9.04. The molecule has 4 rings (SSSR count). The Labute approximate surface area is 152 Å². The van der Waals surface area contributed by atoms with Gasteiger partial charge in [0.2, 0.25) is 0 Å². The summed E-state index contributed by atoms with van der Waals surface area (Å²) in [6.45, 7) is 7.08. The number of benzene rings is 1. The second kappa shape index (κ2) is 6.78. The molecule has 0 aliphatic carbocycles. The van der Waals surface area contributed by atoms with Crippen molar-refractivity contribution in [3.05, 3.63) is 53.3 Å². The average molecular weight is 349 g/mol. The minimum Gasteiger partial charge on any atom is -0.353 e. The SMILES string of the molecule is Cc1ccc2[nH]c(C(=O)N3CCCN(c4ccc(C)nn4)CC3)cc2c1. The van der Waals surface area contributed by atoms with Crippen molar-refractivity contribution in [2.45, 2.75) is 20.3 Å². The van der Waals surface area contributed by atoms with Gasteiger partial charge in [0.15, 0.2) is 5.82 Å². The minimum absolute atomic E-state index is 0.0655. The number of anilines is 1. The molecule has 0 spiro atoms. The van der Waals surface area contributed by atoms with Crippen LogP contribution in [0.2, 0.25) is 0 Å². The summed E-state index contributed by atoms with van der Waals surface area (Å²) in [5.74, 6) is 0.946. The highest BCUT2D eigenvalue weighted by molar-refractivity contribution is 5.98. The summed E-state index contributed by atoms with van der Waals surface area (Å²) in [7, 11) is 0. The molecule has 1 amide bonds. The van der Waals surface area contributed by atoms with Crippen LogP contribution >= 0.6 is 0 Å². The van der Waals surface area contributed by atoms with Gasteiger partial charge in [0, 0.05) is 37.1 Å². The third kappa shape index (κ3) is 3.27. The second-order valence-electron chi connectivity index (χ2n) is 6.94. The van der Waals surface area contributed by atoms with Gasteiger partial charge in [-0.25, -0.2) is 0 Å². The summed E-state index contributed by atoms with van der Waals surface area (Å²) in [5.41, 5.74) is 3.77. The highest BCUT2D eigenvalue weighted by Gasteiger charge is 2.22. The number of H-pyrrole nitrogens is 1. The van der Waals surface area contributed by atoms with E-state index >= 15 is 0 Å². The Balaban J connectivity index is 1.49. The highest BCUT2D eigenvalue weighted by Crippen LogP contribution is 2.19. The predicted molar refractivity (Wildman–Crippen MR) is 103 cm³/mol. The number of hydrogen-bond donors (Lipinski definition) is 1. The maximum atomic E-state index is 12.9. The van der Waals surface area contributed by atoms with Crippen LogP contribution in [0.4, 0.5) is 5.82 Å². The van der Waals surface area contributed by atoms with Gasteiger partial charge in [0.05, 0.1) is 5.69 Å². The molecule has 26 heavy (non-hydrogen) atoms. The third-order valence-corrected chi connectivity index (χ3v) is 4.90. The van der Waals surface area contributed by atoms with E-state index in [4.69, 9.17) is 0 Å². The Morgan fingerprint density at radius 1 is 1.00 bits per heavy atom. The molecule has 3 heterocycles. The van der Waals surface area contributed by atoms with Gasteiger partial charge in [0.25, 0.3) is 5.91 Å². The fourth-order valence-corrected chi connectivity index (χ4v) is 3.45. The smallest absolute Gasteiger partial charge is 0.270 e. The Morgan fingerprint density at radius 2 is 1.88 bits per heavy atom. The number of amides is 1. The molecular weight excluding hydrogens is 326 g/mol. The van der Waals surface area contributed by atoms with E-state index in [1.165, 1.54) is 5.56 Å². The first kappa shape index (κ1) is 16.6. The van der Waals surface area contributed by atoms with Gasteiger partial charge in [-0.05, 0) is 50.6 Å². The van der Waals surface area contributed by atoms with Crippen LogP contribution < -0.4 is 4.90 Å². The van der Waals surface area contributed by atoms with Crippen molar-refractivity contribution in [1.29, 1.82) is 0 Å². The Bertz CT molecular complexity index is 931. The number of aromatic amines is 1. The Kier molecular flexibility index (Phi) is 4.32. The molecule has 1 aliphatic heterocycles. The van der Waals surface area contributed by atoms with Crippen LogP contribution in [0.15, 0.2) is 36.4 Å². The minimum atomic E-state index is 0.0655. The molecule has 1 N–H and O–H groups in total. The summed E-state index contributed by atoms with van der Waals surface area (Å²) in [4.78, 5) is 20.3. The van der Waals surface area contributed by atoms with Gasteiger partial charge in [-0.15, -0.1) is 5.10 Å². The molecule has 0 bridgehead atoms. The van der Waals surface area contributed by atoms with Crippen molar-refractivity contribution in [1.82, 2.24) is 20.1 Å². The lowest BCUT2D eigenvalue weighted by molar-refractivity contribution is 0.0762. The zero-order valence-electron chi connectivity index (χ0n) is 15.2. The molecule has 0 radical (unpaired) electrons. The van der Waals surface area contributed by atoms with E-state index in [0.717, 1.165) is 48.5 Å². The zero-order valence-corrected chi connectivity index (χ0v) is 15.2. The van der Waals surface area contributed by atoms with Crippen molar-refractivity contribution >= 4 is 22.6 Å². The Morgan fingerprint density at radius 3 is 2.69 bits per heavy atom. The van der Waals surface area contributed by atoms with E-state index in [1.54, 1.807) is 0 Å². The van der Waals surface area contributed by atoms with Gasteiger partial charge in [0.1, 0.15) is 5.69 Å². The second-order valence-corrected chi connectivity index (χ2v) is 6.94. The molecule has 1 aromatic carbocycles. The maximum absolute atomic E-state index is 12.9. The van der Waals surface area contributed by atoms with Crippen LogP contribution in [-0.2, 0) is 0 Å². The fraction of sp³-hybridized carbons (Fsp3) is 0.350. The Hall–Kier alpha value is -2.89. The number of hydrogen-bond acceptors (Lipinski definition) is 4. The number of carbonyl (C=O) groups is 1. The monoisotopic (exact) mass is 349 g/mol. The van der Waals surface area contributed by atoms with Crippen molar-refractivity contribution in [3.63, 3.8) is 0 Å². The lowest BCUT2D eigenvalue weighted by Crippen LogP contribution is -2.35. The third-order valence-electron chi connectivity index (χ3n) is 4.90. The topological polar surface area (TPSA) is 65.1 Å². The lowest BCUT2D eigenvalue weighted by Gasteiger charge is -2.22. The van der Waals surface area contributed by atoms with E-state index in [0.29, 0.717) is 12.2 Å². The van der Waals surface area contributed by atoms with Gasteiger partial charge in [-0.1, -0.05) is 11.6 Å². The summed E-state index contributed by atoms with van der Waals surface area (Å²) >= 11 is 0. The first-order valence-corrected chi connectivity index (χ1v) is 9.04. The molecular formula is C20H23N5O. The number of aryl methyl sites for hydroxylation is 2. The average Bonchev–Trinajstić information content (AvgIpc) is 2.90. The van der Waals surface area contributed by atoms with Crippen LogP contribution in [0.5, 0.6) is 0 Å². The number of carbonyl (C=O) groups excluding carboxylic acids is 1. The van der Waals surface area contributed by atoms with Crippen molar-refractivity contribution in [3.8, 4) is 0 Å². The van der Waals surface area contributed by atoms with Gasteiger partial charge in [-0.2, -0.15) is 5.10 Å². The normalized spacial score (nSPS) is 15.3. The van der Waals surface area contributed by atoms with Crippen LogP contribution in [0.25, 0.3) is 10.9 Å². The van der Waals surface area contributed by atoms with E-state index in [1.807, 2.05) is 36.1 Å². The quantitative estimate of drug-likeness (QED) is 0.772. The summed E-state index contributed by atoms with van der Waals surface area (Å²) in [5, 5.41) is 9.50. The van der Waals surface area contributed by atoms with Gasteiger partial charge in [-0.3, -0.25) is 4.79 Å². The molecule has 3 aromatic rings. The van der Waals surface area contributed by atoms with Crippen molar-refractivity contribution in [2.24, 2.45) is 0 Å². The van der Waals surface area contributed by atoms with Crippen LogP contribution in [0.3, 0.4) is 0 Å². The molecule has 1 saturated heterocycles. The van der Waals surface area contributed by atoms with E-state index in [2.05, 4.69) is 39.1 Å². The molecule has 1 aliphatic rings. The molecule has 6 nitrogen and oxygen atoms in total. The van der Waals surface area contributed by atoms with Crippen molar-refractivity contribution in [2.75, 3.05) is 31.1 Å².